The van der Waals surface area contributed by atoms with Crippen molar-refractivity contribution in [2.45, 2.75) is 13.5 Å². The summed E-state index contributed by atoms with van der Waals surface area (Å²) in [6.07, 6.45) is 1.46. The van der Waals surface area contributed by atoms with Crippen LogP contribution in [0.5, 0.6) is 0 Å². The molecule has 6 heteroatoms. The van der Waals surface area contributed by atoms with Crippen molar-refractivity contribution in [2.24, 2.45) is 5.84 Å². The van der Waals surface area contributed by atoms with E-state index in [0.717, 1.165) is 16.8 Å². The van der Waals surface area contributed by atoms with Crippen LogP contribution < -0.4 is 16.6 Å². The van der Waals surface area contributed by atoms with Gasteiger partial charge >= 0.3 is 0 Å². The maximum atomic E-state index is 5.40. The lowest BCUT2D eigenvalue weighted by Gasteiger charge is -2.13. The number of nitrogens with zero attached hydrogens (tertiary/aromatic N) is 2. The molecule has 0 unspecified atom stereocenters. The molecule has 0 aliphatic heterocycles. The third kappa shape index (κ3) is 2.98. The van der Waals surface area contributed by atoms with E-state index in [2.05, 4.69) is 20.7 Å². The van der Waals surface area contributed by atoms with Crippen molar-refractivity contribution in [1.82, 2.24) is 9.97 Å². The Morgan fingerprint density at radius 2 is 1.95 bits per heavy atom. The number of aromatic nitrogens is 2. The fraction of sp³-hybridized carbons (Fsp3) is 0.231. The molecule has 1 heterocycles. The maximum absolute atomic E-state index is 5.40. The largest absolute Gasteiger partial charge is 0.380 e. The standard InChI is InChI=1S/C13H17N5O/c1-9-12(15-8-16-13(9)18-14)17-11-6-4-3-5-10(11)7-19-2/h3-6,8H,7,14H2,1-2H3,(H2,15,16,17,18). The molecule has 0 radical (unpaired) electrons. The molecule has 0 fully saturated rings. The molecule has 2 rings (SSSR count). The van der Waals surface area contributed by atoms with Crippen molar-refractivity contribution < 1.29 is 4.74 Å². The van der Waals surface area contributed by atoms with Gasteiger partial charge in [0.25, 0.3) is 0 Å². The number of para-hydroxylation sites is 1. The SMILES string of the molecule is COCc1ccccc1Nc1ncnc(NN)c1C. The van der Waals surface area contributed by atoms with E-state index in [-0.39, 0.29) is 0 Å². The lowest BCUT2D eigenvalue weighted by molar-refractivity contribution is 0.185. The van der Waals surface area contributed by atoms with Gasteiger partial charge in [-0.1, -0.05) is 18.2 Å². The molecule has 1 aromatic carbocycles. The first kappa shape index (κ1) is 13.3. The first-order chi connectivity index (χ1) is 9.26. The van der Waals surface area contributed by atoms with Gasteiger partial charge < -0.3 is 15.5 Å². The number of nitrogens with one attached hydrogen (secondary N) is 2. The third-order valence-electron chi connectivity index (χ3n) is 2.79. The third-order valence-corrected chi connectivity index (χ3v) is 2.79. The minimum Gasteiger partial charge on any atom is -0.380 e. The highest BCUT2D eigenvalue weighted by atomic mass is 16.5. The summed E-state index contributed by atoms with van der Waals surface area (Å²) >= 11 is 0. The summed E-state index contributed by atoms with van der Waals surface area (Å²) in [6, 6.07) is 7.91. The average molecular weight is 259 g/mol. The molecule has 0 saturated carbocycles. The Bertz CT molecular complexity index is 558. The fourth-order valence-corrected chi connectivity index (χ4v) is 1.77. The van der Waals surface area contributed by atoms with E-state index in [1.54, 1.807) is 7.11 Å². The second-order valence-electron chi connectivity index (χ2n) is 4.06. The number of hydrogen-bond acceptors (Lipinski definition) is 6. The highest BCUT2D eigenvalue weighted by Crippen LogP contribution is 2.24. The molecule has 0 spiro atoms. The number of benzene rings is 1. The normalized spacial score (nSPS) is 10.3. The maximum Gasteiger partial charge on any atom is 0.148 e. The number of nitrogen functional groups attached to an aromatic ring is 1. The Kier molecular flexibility index (Phi) is 4.27. The van der Waals surface area contributed by atoms with Gasteiger partial charge in [0.1, 0.15) is 18.0 Å². The van der Waals surface area contributed by atoms with Crippen LogP contribution in [0.25, 0.3) is 0 Å². The molecule has 0 atom stereocenters. The van der Waals surface area contributed by atoms with Gasteiger partial charge in [0.2, 0.25) is 0 Å². The first-order valence-electron chi connectivity index (χ1n) is 5.88. The van der Waals surface area contributed by atoms with Gasteiger partial charge in [0, 0.05) is 23.9 Å². The predicted molar refractivity (Wildman–Crippen MR) is 75.0 cm³/mol. The van der Waals surface area contributed by atoms with Crippen molar-refractivity contribution in [1.29, 1.82) is 0 Å². The summed E-state index contributed by atoms with van der Waals surface area (Å²) in [5.41, 5.74) is 5.42. The summed E-state index contributed by atoms with van der Waals surface area (Å²) in [5, 5.41) is 3.27. The van der Waals surface area contributed by atoms with Crippen LogP contribution in [0, 0.1) is 6.92 Å². The van der Waals surface area contributed by atoms with Crippen molar-refractivity contribution in [2.75, 3.05) is 17.9 Å². The average Bonchev–Trinajstić information content (AvgIpc) is 2.43. The topological polar surface area (TPSA) is 85.1 Å². The zero-order valence-electron chi connectivity index (χ0n) is 11.0. The van der Waals surface area contributed by atoms with Crippen molar-refractivity contribution in [3.05, 3.63) is 41.7 Å². The summed E-state index contributed by atoms with van der Waals surface area (Å²) in [5.74, 6) is 6.72. The number of nitrogens with two attached hydrogens (primary N) is 1. The predicted octanol–water partition coefficient (Wildman–Crippen LogP) is 1.96. The number of rotatable bonds is 5. The molecule has 0 amide bonds. The Morgan fingerprint density at radius 1 is 1.21 bits per heavy atom. The van der Waals surface area contributed by atoms with Gasteiger partial charge in [0.05, 0.1) is 6.61 Å². The van der Waals surface area contributed by atoms with Crippen LogP contribution in [0.2, 0.25) is 0 Å². The van der Waals surface area contributed by atoms with Gasteiger partial charge in [-0.2, -0.15) is 0 Å². The molecular formula is C13H17N5O. The van der Waals surface area contributed by atoms with Crippen LogP contribution >= 0.6 is 0 Å². The van der Waals surface area contributed by atoms with E-state index >= 15 is 0 Å². The fourth-order valence-electron chi connectivity index (χ4n) is 1.77. The number of hydrogen-bond donors (Lipinski definition) is 3. The van der Waals surface area contributed by atoms with Gasteiger partial charge in [-0.25, -0.2) is 15.8 Å². The van der Waals surface area contributed by atoms with Crippen LogP contribution in [-0.2, 0) is 11.3 Å². The highest BCUT2D eigenvalue weighted by molar-refractivity contribution is 5.66. The van der Waals surface area contributed by atoms with Crippen LogP contribution in [0.3, 0.4) is 0 Å². The smallest absolute Gasteiger partial charge is 0.148 e. The molecule has 0 aliphatic carbocycles. The molecule has 1 aromatic heterocycles. The Morgan fingerprint density at radius 3 is 2.68 bits per heavy atom. The molecule has 6 nitrogen and oxygen atoms in total. The zero-order valence-corrected chi connectivity index (χ0v) is 11.0. The Hall–Kier alpha value is -2.18. The number of hydrazine groups is 1. The van der Waals surface area contributed by atoms with Gasteiger partial charge in [-0.3, -0.25) is 0 Å². The molecule has 0 saturated heterocycles. The number of anilines is 3. The summed E-state index contributed by atoms with van der Waals surface area (Å²) in [4.78, 5) is 8.27. The van der Waals surface area contributed by atoms with E-state index < -0.39 is 0 Å². The monoisotopic (exact) mass is 259 g/mol. The van der Waals surface area contributed by atoms with Gasteiger partial charge in [-0.05, 0) is 13.0 Å². The molecule has 0 aliphatic rings. The molecule has 19 heavy (non-hydrogen) atoms. The number of methoxy groups -OCH3 is 1. The first-order valence-corrected chi connectivity index (χ1v) is 5.88. The quantitative estimate of drug-likeness (QED) is 0.562. The van der Waals surface area contributed by atoms with Crippen molar-refractivity contribution >= 4 is 17.3 Å². The van der Waals surface area contributed by atoms with E-state index in [1.165, 1.54) is 6.33 Å². The lowest BCUT2D eigenvalue weighted by Crippen LogP contribution is -2.12. The lowest BCUT2D eigenvalue weighted by atomic mass is 10.2. The molecule has 4 N–H and O–H groups in total. The molecule has 100 valence electrons. The van der Waals surface area contributed by atoms with E-state index in [1.807, 2.05) is 31.2 Å². The van der Waals surface area contributed by atoms with Crippen LogP contribution in [-0.4, -0.2) is 17.1 Å². The molecule has 0 bridgehead atoms. The number of ether oxygens (including phenoxy) is 1. The van der Waals surface area contributed by atoms with E-state index in [4.69, 9.17) is 10.6 Å². The minimum absolute atomic E-state index is 0.537. The summed E-state index contributed by atoms with van der Waals surface area (Å²) in [7, 11) is 1.67. The summed E-state index contributed by atoms with van der Waals surface area (Å²) < 4.78 is 5.18. The molecular weight excluding hydrogens is 242 g/mol. The van der Waals surface area contributed by atoms with Crippen molar-refractivity contribution in [3.63, 3.8) is 0 Å². The zero-order chi connectivity index (χ0) is 13.7. The van der Waals surface area contributed by atoms with Crippen LogP contribution in [0.4, 0.5) is 17.3 Å². The van der Waals surface area contributed by atoms with Crippen LogP contribution in [0.15, 0.2) is 30.6 Å². The van der Waals surface area contributed by atoms with Gasteiger partial charge in [0.15, 0.2) is 0 Å². The molecule has 2 aromatic rings. The second-order valence-corrected chi connectivity index (χ2v) is 4.06. The summed E-state index contributed by atoms with van der Waals surface area (Å²) in [6.45, 7) is 2.44. The minimum atomic E-state index is 0.537. The van der Waals surface area contributed by atoms with Gasteiger partial charge in [-0.15, -0.1) is 0 Å². The van der Waals surface area contributed by atoms with Crippen LogP contribution in [0.1, 0.15) is 11.1 Å². The van der Waals surface area contributed by atoms with E-state index in [0.29, 0.717) is 18.2 Å². The Balaban J connectivity index is 2.31. The van der Waals surface area contributed by atoms with E-state index in [9.17, 15) is 0 Å². The van der Waals surface area contributed by atoms with Crippen molar-refractivity contribution in [3.8, 4) is 0 Å². The highest BCUT2D eigenvalue weighted by Gasteiger charge is 2.08. The second kappa shape index (κ2) is 6.12. The Labute approximate surface area is 112 Å².